The predicted octanol–water partition coefficient (Wildman–Crippen LogP) is 1.53. The Kier molecular flexibility index (Phi) is 8.96. The maximum absolute atomic E-state index is 13.0. The number of hydrogen-bond donors (Lipinski definition) is 3. The van der Waals surface area contributed by atoms with Gasteiger partial charge in [-0.05, 0) is 18.2 Å². The van der Waals surface area contributed by atoms with Crippen molar-refractivity contribution in [2.45, 2.75) is 19.1 Å². The van der Waals surface area contributed by atoms with E-state index in [4.69, 9.17) is 10.5 Å². The molecule has 0 fully saturated rings. The Balaban J connectivity index is 0.00000220. The highest BCUT2D eigenvalue weighted by Crippen LogP contribution is 2.12. The van der Waals surface area contributed by atoms with Crippen LogP contribution in [0.25, 0.3) is 11.0 Å². The molecule has 6 nitrogen and oxygen atoms in total. The first kappa shape index (κ1) is 20.6. The van der Waals surface area contributed by atoms with Gasteiger partial charge >= 0.3 is 0 Å². The van der Waals surface area contributed by atoms with E-state index < -0.39 is 0 Å². The third-order valence-electron chi connectivity index (χ3n) is 2.96. The first-order valence-electron chi connectivity index (χ1n) is 6.26. The van der Waals surface area contributed by atoms with Gasteiger partial charge in [-0.25, -0.2) is 9.37 Å². The van der Waals surface area contributed by atoms with Crippen LogP contribution in [0.4, 0.5) is 4.39 Å². The molecule has 1 amide bonds. The quantitative estimate of drug-likeness (QED) is 0.734. The smallest absolute Gasteiger partial charge is 0.223 e. The van der Waals surface area contributed by atoms with Crippen molar-refractivity contribution in [3.63, 3.8) is 0 Å². The highest BCUT2D eigenvalue weighted by Gasteiger charge is 2.12. The standard InChI is InChI=1S/C13H17FN4O2.2ClH/c1-20-9(6-15)5-13(19)16-7-12-17-10-3-2-8(14)4-11(10)18-12;;/h2-4,9H,5-7,15H2,1H3,(H,16,19)(H,17,18);2*1H. The summed E-state index contributed by atoms with van der Waals surface area (Å²) < 4.78 is 18.1. The summed E-state index contributed by atoms with van der Waals surface area (Å²) in [6, 6.07) is 4.29. The molecule has 0 spiro atoms. The Morgan fingerprint density at radius 1 is 1.50 bits per heavy atom. The van der Waals surface area contributed by atoms with Gasteiger partial charge in [-0.15, -0.1) is 24.8 Å². The van der Waals surface area contributed by atoms with Gasteiger partial charge < -0.3 is 20.8 Å². The zero-order chi connectivity index (χ0) is 14.5. The third-order valence-corrected chi connectivity index (χ3v) is 2.96. The van der Waals surface area contributed by atoms with Crippen molar-refractivity contribution in [1.29, 1.82) is 0 Å². The molecule has 1 heterocycles. The van der Waals surface area contributed by atoms with Gasteiger partial charge in [-0.1, -0.05) is 0 Å². The van der Waals surface area contributed by atoms with E-state index in [1.54, 1.807) is 6.07 Å². The molecule has 0 saturated carbocycles. The van der Waals surface area contributed by atoms with Gasteiger partial charge in [0.1, 0.15) is 11.6 Å². The minimum atomic E-state index is -0.331. The number of nitrogens with one attached hydrogen (secondary N) is 2. The summed E-state index contributed by atoms with van der Waals surface area (Å²) in [7, 11) is 1.51. The lowest BCUT2D eigenvalue weighted by Crippen LogP contribution is -2.32. The van der Waals surface area contributed by atoms with Crippen LogP contribution >= 0.6 is 24.8 Å². The van der Waals surface area contributed by atoms with E-state index in [-0.39, 0.29) is 62.2 Å². The zero-order valence-corrected chi connectivity index (χ0v) is 13.6. The van der Waals surface area contributed by atoms with Gasteiger partial charge in [0.2, 0.25) is 5.91 Å². The summed E-state index contributed by atoms with van der Waals surface area (Å²) in [5, 5.41) is 2.71. The molecule has 1 aromatic carbocycles. The third kappa shape index (κ3) is 5.42. The molecule has 0 radical (unpaired) electrons. The van der Waals surface area contributed by atoms with Gasteiger partial charge in [-0.3, -0.25) is 4.79 Å². The monoisotopic (exact) mass is 352 g/mol. The Hall–Kier alpha value is -1.41. The fourth-order valence-electron chi connectivity index (χ4n) is 1.84. The minimum Gasteiger partial charge on any atom is -0.380 e. The molecule has 9 heteroatoms. The summed E-state index contributed by atoms with van der Waals surface area (Å²) >= 11 is 0. The second-order valence-corrected chi connectivity index (χ2v) is 4.42. The number of nitrogens with zero attached hydrogens (tertiary/aromatic N) is 1. The number of nitrogens with two attached hydrogens (primary N) is 1. The Morgan fingerprint density at radius 3 is 2.86 bits per heavy atom. The van der Waals surface area contributed by atoms with Gasteiger partial charge in [0, 0.05) is 13.7 Å². The maximum Gasteiger partial charge on any atom is 0.223 e. The van der Waals surface area contributed by atoms with Crippen molar-refractivity contribution in [3.8, 4) is 0 Å². The lowest BCUT2D eigenvalue weighted by molar-refractivity contribution is -0.123. The molecule has 1 unspecified atom stereocenters. The number of aromatic amines is 1. The molecule has 2 aromatic rings. The second kappa shape index (κ2) is 9.58. The number of hydrogen-bond acceptors (Lipinski definition) is 4. The van der Waals surface area contributed by atoms with E-state index in [9.17, 15) is 9.18 Å². The van der Waals surface area contributed by atoms with Gasteiger partial charge in [0.25, 0.3) is 0 Å². The number of rotatable bonds is 6. The number of fused-ring (bicyclic) bond motifs is 1. The summed E-state index contributed by atoms with van der Waals surface area (Å²) in [4.78, 5) is 18.9. The van der Waals surface area contributed by atoms with Crippen LogP contribution in [0.5, 0.6) is 0 Å². The largest absolute Gasteiger partial charge is 0.380 e. The predicted molar refractivity (Wildman–Crippen MR) is 86.9 cm³/mol. The van der Waals surface area contributed by atoms with Crippen molar-refractivity contribution in [1.82, 2.24) is 15.3 Å². The lowest BCUT2D eigenvalue weighted by atomic mass is 10.2. The number of carbonyl (C=O) groups is 1. The molecule has 0 saturated heterocycles. The maximum atomic E-state index is 13.0. The molecule has 0 aliphatic carbocycles. The normalized spacial score (nSPS) is 11.4. The molecule has 0 bridgehead atoms. The van der Waals surface area contributed by atoms with Gasteiger partial charge in [0.15, 0.2) is 0 Å². The Bertz CT molecular complexity index is 605. The van der Waals surface area contributed by atoms with Crippen molar-refractivity contribution < 1.29 is 13.9 Å². The van der Waals surface area contributed by atoms with Crippen LogP contribution in [-0.4, -0.2) is 35.6 Å². The average Bonchev–Trinajstić information content (AvgIpc) is 2.84. The zero-order valence-electron chi connectivity index (χ0n) is 12.0. The van der Waals surface area contributed by atoms with Crippen LogP contribution in [0.15, 0.2) is 18.2 Å². The van der Waals surface area contributed by atoms with Crippen molar-refractivity contribution in [3.05, 3.63) is 29.8 Å². The number of halogens is 3. The summed E-state index contributed by atoms with van der Waals surface area (Å²) in [6.07, 6.45) is -0.0956. The van der Waals surface area contributed by atoms with Crippen LogP contribution in [0.2, 0.25) is 0 Å². The molecular weight excluding hydrogens is 334 g/mol. The fraction of sp³-hybridized carbons (Fsp3) is 0.385. The van der Waals surface area contributed by atoms with Gasteiger partial charge in [0.05, 0.1) is 30.1 Å². The topological polar surface area (TPSA) is 93.0 Å². The molecule has 0 aliphatic heterocycles. The van der Waals surface area contributed by atoms with Crippen molar-refractivity contribution in [2.75, 3.05) is 13.7 Å². The molecule has 2 rings (SSSR count). The molecule has 1 aromatic heterocycles. The Labute approximate surface area is 139 Å². The lowest BCUT2D eigenvalue weighted by Gasteiger charge is -2.11. The number of carbonyl (C=O) groups excluding carboxylic acids is 1. The second-order valence-electron chi connectivity index (χ2n) is 4.42. The van der Waals surface area contributed by atoms with E-state index in [1.165, 1.54) is 19.2 Å². The van der Waals surface area contributed by atoms with E-state index in [2.05, 4.69) is 15.3 Å². The number of imidazole rings is 1. The first-order chi connectivity index (χ1) is 9.62. The Morgan fingerprint density at radius 2 is 2.23 bits per heavy atom. The number of benzene rings is 1. The van der Waals surface area contributed by atoms with Crippen LogP contribution in [0.1, 0.15) is 12.2 Å². The summed E-state index contributed by atoms with van der Waals surface area (Å²) in [5.74, 6) is 0.0669. The molecule has 124 valence electrons. The van der Waals surface area contributed by atoms with Crippen LogP contribution in [0, 0.1) is 5.82 Å². The van der Waals surface area contributed by atoms with E-state index in [0.29, 0.717) is 16.9 Å². The van der Waals surface area contributed by atoms with Crippen LogP contribution < -0.4 is 11.1 Å². The summed E-state index contributed by atoms with van der Waals surface area (Å²) in [6.45, 7) is 0.532. The van der Waals surface area contributed by atoms with Crippen molar-refractivity contribution >= 4 is 41.8 Å². The molecule has 1 atom stereocenters. The minimum absolute atomic E-state index is 0. The number of amides is 1. The number of aromatic nitrogens is 2. The van der Waals surface area contributed by atoms with Gasteiger partial charge in [-0.2, -0.15) is 0 Å². The highest BCUT2D eigenvalue weighted by molar-refractivity contribution is 5.85. The molecule has 4 N–H and O–H groups in total. The molecule has 22 heavy (non-hydrogen) atoms. The average molecular weight is 353 g/mol. The molecular formula is C13H19Cl2FN4O2. The van der Waals surface area contributed by atoms with E-state index in [1.807, 2.05) is 0 Å². The number of methoxy groups -OCH3 is 1. The first-order valence-corrected chi connectivity index (χ1v) is 6.26. The van der Waals surface area contributed by atoms with Crippen molar-refractivity contribution in [2.24, 2.45) is 5.73 Å². The van der Waals surface area contributed by atoms with E-state index >= 15 is 0 Å². The molecule has 0 aliphatic rings. The SMILES string of the molecule is COC(CN)CC(=O)NCc1nc2ccc(F)cc2[nH]1.Cl.Cl. The number of ether oxygens (including phenoxy) is 1. The van der Waals surface area contributed by atoms with Crippen LogP contribution in [-0.2, 0) is 16.1 Å². The fourth-order valence-corrected chi connectivity index (χ4v) is 1.84. The van der Waals surface area contributed by atoms with E-state index in [0.717, 1.165) is 0 Å². The number of H-pyrrole nitrogens is 1. The highest BCUT2D eigenvalue weighted by atomic mass is 35.5. The summed E-state index contributed by atoms with van der Waals surface area (Å²) in [5.41, 5.74) is 6.71. The van der Waals surface area contributed by atoms with Crippen LogP contribution in [0.3, 0.4) is 0 Å².